The van der Waals surface area contributed by atoms with E-state index in [0.29, 0.717) is 68.2 Å². The molecule has 5 aliphatic heterocycles. The van der Waals surface area contributed by atoms with Gasteiger partial charge in [-0.1, -0.05) is 142 Å². The van der Waals surface area contributed by atoms with Crippen LogP contribution < -0.4 is 45.8 Å². The van der Waals surface area contributed by atoms with E-state index in [4.69, 9.17) is 25.9 Å². The smallest absolute Gasteiger partial charge is 0.748 e. The first-order valence-corrected chi connectivity index (χ1v) is 31.8. The Bertz CT molecular complexity index is 3310. The van der Waals surface area contributed by atoms with Gasteiger partial charge in [-0.2, -0.15) is 0 Å². The summed E-state index contributed by atoms with van der Waals surface area (Å²) in [6.45, 7) is 4.23. The van der Waals surface area contributed by atoms with Crippen molar-refractivity contribution in [3.05, 3.63) is 177 Å². The number of benzene rings is 5. The second kappa shape index (κ2) is 25.9. The van der Waals surface area contributed by atoms with Crippen LogP contribution in [0.5, 0.6) is 11.5 Å². The minimum Gasteiger partial charge on any atom is -0.748 e. The van der Waals surface area contributed by atoms with Crippen LogP contribution in [-0.2, 0) is 33.4 Å². The molecule has 83 heavy (non-hydrogen) atoms. The number of rotatable bonds is 14. The van der Waals surface area contributed by atoms with Gasteiger partial charge in [-0.05, 0) is 188 Å². The molecule has 2 fully saturated rings. The summed E-state index contributed by atoms with van der Waals surface area (Å²) >= 11 is 0. The van der Waals surface area contributed by atoms with Crippen LogP contribution in [-0.4, -0.2) is 62.9 Å². The van der Waals surface area contributed by atoms with Gasteiger partial charge in [0.1, 0.15) is 17.6 Å². The summed E-state index contributed by atoms with van der Waals surface area (Å²) in [6, 6.07) is 37.7. The molecule has 0 amide bonds. The Balaban J connectivity index is 0.00000769. The Labute approximate surface area is 513 Å². The van der Waals surface area contributed by atoms with Gasteiger partial charge >= 0.3 is 29.6 Å². The largest absolute Gasteiger partial charge is 1.00 e. The number of aliphatic hydroxyl groups excluding tert-OH is 2. The quantitative estimate of drug-likeness (QED) is 0.0117. The monoisotopic (exact) mass is 1150 g/mol. The Hall–Kier alpha value is -4.98. The molecule has 12 nitrogen and oxygen atoms in total. The third-order valence-corrected chi connectivity index (χ3v) is 21.0. The molecular formula is C69H82N3NaO9S. The number of nitrogens with zero attached hydrogens (tertiary/aromatic N) is 1. The molecule has 434 valence electrons. The second-order valence-electron chi connectivity index (χ2n) is 25.2. The number of fused-ring (bicyclic) bond motifs is 8. The SMILES string of the molecule is CCCCC[C@H](O)c1ccc([C@H]2CCC[C@](O)([C@H](Cc3ccccc3)C[C@]3(N=C(N)N)Oc4ccc5c(c4)CC[C@@H](C)[C@@H]5C[C@@H](S(=O)(=O)[O-])[C@H]4C=C5C[C@H](C[C@H]6C[C@@H](CO)CC#Cc7cc(O)ccc7[C@@H]5O6)[C@@H]4c4ccc3cc4)C2)cc1.[Na+]. The molecule has 8 aliphatic rings. The predicted molar refractivity (Wildman–Crippen MR) is 319 cm³/mol. The zero-order chi connectivity index (χ0) is 57.3. The number of hydrogen-bond donors (Lipinski definition) is 6. The first-order chi connectivity index (χ1) is 39.5. The van der Waals surface area contributed by atoms with Crippen LogP contribution in [0, 0.1) is 41.4 Å². The van der Waals surface area contributed by atoms with Crippen molar-refractivity contribution in [3.63, 3.8) is 0 Å². The van der Waals surface area contributed by atoms with E-state index in [2.05, 4.69) is 50.0 Å². The normalized spacial score (nSPS) is 29.9. The van der Waals surface area contributed by atoms with Crippen LogP contribution in [0.3, 0.4) is 0 Å². The standard InChI is InChI=1S/C69H83N3O9S.Na/c1-3-4-6-16-63(75)47-21-19-46(20-22-47)51-15-10-31-68(76,40-51)55(32-44-11-7-5-8-12-44)41-69(72-67(70)71)54-25-23-48(24-26-54)65-52-34-53(66-60-29-27-56(74)35-49(60)14-9-13-45(42-73)33-58(37-52)80-66)38-62(65)64(82(77,78)79)39-61-43(2)17-18-50-36-57(81-69)28-30-59(50)61;/h5,7-8,11-12,19-30,35-36,38,43,45,51-52,55,58,61-66,73-76H,3-4,6,10,13,15-18,31-34,37,39-42H2,1-2H3,(H4,70,71,72)(H,77,78,79);/q;+1/p-1/t43-,45+,51+,52-,55-,58-,61+,62-,63+,64-,65+,66-,68-,69+;/m1./s1. The average molecular weight is 1150 g/mol. The van der Waals surface area contributed by atoms with Gasteiger partial charge in [0.05, 0.1) is 33.2 Å². The van der Waals surface area contributed by atoms with Gasteiger partial charge in [0.25, 0.3) is 0 Å². The maximum atomic E-state index is 14.3. The van der Waals surface area contributed by atoms with E-state index in [1.165, 1.54) is 0 Å². The molecule has 1 saturated heterocycles. The summed E-state index contributed by atoms with van der Waals surface area (Å²) < 4.78 is 57.7. The molecule has 0 spiro atoms. The summed E-state index contributed by atoms with van der Waals surface area (Å²) in [7, 11) is -4.95. The van der Waals surface area contributed by atoms with Gasteiger partial charge in [0.2, 0.25) is 5.72 Å². The van der Waals surface area contributed by atoms with Crippen LogP contribution >= 0.6 is 0 Å². The van der Waals surface area contributed by atoms with Crippen molar-refractivity contribution in [2.75, 3.05) is 6.61 Å². The molecule has 13 rings (SSSR count). The molecule has 8 N–H and O–H groups in total. The number of guanidine groups is 1. The number of phenolic OH excluding ortho intramolecular Hbond substituents is 1. The molecule has 0 aromatic heterocycles. The van der Waals surface area contributed by atoms with Crippen molar-refractivity contribution < 1.29 is 72.4 Å². The molecular weight excluding hydrogens is 1070 g/mol. The van der Waals surface area contributed by atoms with Crippen LogP contribution in [0.1, 0.15) is 190 Å². The molecule has 5 aromatic carbocycles. The molecule has 3 aliphatic carbocycles. The van der Waals surface area contributed by atoms with Crippen molar-refractivity contribution >= 4 is 16.1 Å². The third-order valence-electron chi connectivity index (χ3n) is 19.8. The van der Waals surface area contributed by atoms with Gasteiger partial charge in [-0.15, -0.1) is 0 Å². The summed E-state index contributed by atoms with van der Waals surface area (Å²) in [5.41, 5.74) is 19.3. The van der Waals surface area contributed by atoms with E-state index in [-0.39, 0.29) is 96.4 Å². The number of aryl methyl sites for hydroxylation is 1. The summed E-state index contributed by atoms with van der Waals surface area (Å²) in [5.74, 6) is 4.78. The first kappa shape index (κ1) is 61.1. The van der Waals surface area contributed by atoms with Gasteiger partial charge in [0, 0.05) is 36.1 Å². The van der Waals surface area contributed by atoms with E-state index in [1.807, 2.05) is 84.9 Å². The van der Waals surface area contributed by atoms with E-state index < -0.39 is 56.7 Å². The summed E-state index contributed by atoms with van der Waals surface area (Å²) in [6.07, 6.45) is 11.5. The number of aliphatic imine (C=N–C) groups is 1. The number of aromatic hydroxyl groups is 1. The Morgan fingerprint density at radius 2 is 1.67 bits per heavy atom. The van der Waals surface area contributed by atoms with Crippen molar-refractivity contribution in [1.29, 1.82) is 0 Å². The van der Waals surface area contributed by atoms with E-state index in [0.717, 1.165) is 89.5 Å². The molecule has 14 heteroatoms. The second-order valence-corrected chi connectivity index (χ2v) is 26.8. The first-order valence-electron chi connectivity index (χ1n) is 30.3. The van der Waals surface area contributed by atoms with Crippen molar-refractivity contribution in [2.45, 2.75) is 176 Å². The van der Waals surface area contributed by atoms with Gasteiger partial charge in [0.15, 0.2) is 5.96 Å². The van der Waals surface area contributed by atoms with Gasteiger partial charge in [-0.3, -0.25) is 0 Å². The van der Waals surface area contributed by atoms with E-state index in [1.54, 1.807) is 12.1 Å². The fraction of sp³-hybridized carbons (Fsp3) is 0.493. The summed E-state index contributed by atoms with van der Waals surface area (Å²) in [4.78, 5) is 5.16. The number of aliphatic hydroxyl groups is 3. The van der Waals surface area contributed by atoms with Crippen molar-refractivity contribution in [2.24, 2.45) is 46.0 Å². The molecule has 5 aromatic rings. The molecule has 5 heterocycles. The number of unbranched alkanes of at least 4 members (excludes halogenated alkanes) is 2. The summed E-state index contributed by atoms with van der Waals surface area (Å²) in [5, 5.41) is 44.7. The minimum absolute atomic E-state index is 0. The van der Waals surface area contributed by atoms with Crippen molar-refractivity contribution in [1.82, 2.24) is 0 Å². The Morgan fingerprint density at radius 3 is 2.41 bits per heavy atom. The number of nitrogens with two attached hydrogens (primary N) is 2. The van der Waals surface area contributed by atoms with Crippen LogP contribution in [0.15, 0.2) is 132 Å². The van der Waals surface area contributed by atoms with E-state index in [9.17, 15) is 33.4 Å². The molecule has 1 saturated carbocycles. The fourth-order valence-electron chi connectivity index (χ4n) is 15.6. The van der Waals surface area contributed by atoms with E-state index >= 15 is 0 Å². The Kier molecular flexibility index (Phi) is 19.1. The van der Waals surface area contributed by atoms with Crippen LogP contribution in [0.4, 0.5) is 0 Å². The minimum atomic E-state index is -4.95. The molecule has 0 radical (unpaired) electrons. The molecule has 10 bridgehead atoms. The van der Waals surface area contributed by atoms with Gasteiger partial charge < -0.3 is 45.9 Å². The fourth-order valence-corrected chi connectivity index (χ4v) is 16.6. The number of allylic oxidation sites excluding steroid dienone is 1. The number of ether oxygens (including phenoxy) is 2. The average Bonchev–Trinajstić information content (AvgIpc) is 3.93. The molecule has 14 atom stereocenters. The third kappa shape index (κ3) is 13.4. The topological polar surface area (TPSA) is 221 Å². The van der Waals surface area contributed by atoms with Crippen LogP contribution in [0.2, 0.25) is 0 Å². The van der Waals surface area contributed by atoms with Gasteiger partial charge in [-0.25, -0.2) is 13.4 Å². The zero-order valence-corrected chi connectivity index (χ0v) is 51.4. The van der Waals surface area contributed by atoms with Crippen LogP contribution in [0.25, 0.3) is 0 Å². The maximum absolute atomic E-state index is 14.3. The number of hydrogen-bond acceptors (Lipinski definition) is 10. The Morgan fingerprint density at radius 1 is 0.916 bits per heavy atom. The predicted octanol–water partition coefficient (Wildman–Crippen LogP) is 8.77. The number of phenols is 1. The van der Waals surface area contributed by atoms with Crippen molar-refractivity contribution in [3.8, 4) is 23.3 Å². The molecule has 0 unspecified atom stereocenters. The zero-order valence-electron chi connectivity index (χ0n) is 48.5. The maximum Gasteiger partial charge on any atom is 1.00 e.